The topological polar surface area (TPSA) is 70.2 Å². The van der Waals surface area contributed by atoms with Gasteiger partial charge in [-0.2, -0.15) is 4.98 Å². The number of aromatic nitrogens is 2. The maximum atomic E-state index is 11.9. The van der Waals surface area contributed by atoms with Crippen LogP contribution in [-0.2, 0) is 11.2 Å². The SMILES string of the molecule is Cc1cc(N(C)C)nc(NCCNC(=O)CCc2sccc2C)n1. The lowest BCUT2D eigenvalue weighted by Crippen LogP contribution is -2.29. The zero-order chi connectivity index (χ0) is 17.5. The normalized spacial score (nSPS) is 10.5. The Morgan fingerprint density at radius 3 is 2.71 bits per heavy atom. The summed E-state index contributed by atoms with van der Waals surface area (Å²) in [5.41, 5.74) is 2.18. The molecule has 2 N–H and O–H groups in total. The van der Waals surface area contributed by atoms with Gasteiger partial charge in [-0.25, -0.2) is 4.98 Å². The summed E-state index contributed by atoms with van der Waals surface area (Å²) in [5, 5.41) is 8.14. The molecule has 2 aromatic rings. The molecule has 0 spiro atoms. The van der Waals surface area contributed by atoms with Gasteiger partial charge in [-0.3, -0.25) is 4.79 Å². The summed E-state index contributed by atoms with van der Waals surface area (Å²) in [7, 11) is 3.89. The molecule has 2 rings (SSSR count). The number of anilines is 2. The third-order valence-corrected chi connectivity index (χ3v) is 4.66. The van der Waals surface area contributed by atoms with Gasteiger partial charge in [0.2, 0.25) is 11.9 Å². The van der Waals surface area contributed by atoms with E-state index >= 15 is 0 Å². The minimum absolute atomic E-state index is 0.0729. The van der Waals surface area contributed by atoms with Crippen LogP contribution in [0, 0.1) is 13.8 Å². The molecule has 0 fully saturated rings. The molecule has 0 aliphatic carbocycles. The molecule has 0 aliphatic rings. The van der Waals surface area contributed by atoms with Crippen LogP contribution >= 0.6 is 11.3 Å². The molecule has 0 saturated heterocycles. The van der Waals surface area contributed by atoms with Crippen molar-refractivity contribution in [2.75, 3.05) is 37.4 Å². The van der Waals surface area contributed by atoms with Crippen LogP contribution in [0.15, 0.2) is 17.5 Å². The van der Waals surface area contributed by atoms with Gasteiger partial charge in [-0.05, 0) is 37.3 Å². The highest BCUT2D eigenvalue weighted by molar-refractivity contribution is 7.10. The average Bonchev–Trinajstić information content (AvgIpc) is 2.94. The first-order valence-electron chi connectivity index (χ1n) is 8.02. The molecule has 0 saturated carbocycles. The minimum atomic E-state index is 0.0729. The van der Waals surface area contributed by atoms with Gasteiger partial charge < -0.3 is 15.5 Å². The standard InChI is InChI=1S/C17H25N5OS/c1-12-7-10-24-14(12)5-6-16(23)18-8-9-19-17-20-13(2)11-15(21-17)22(3)4/h7,10-11H,5-6,8-9H2,1-4H3,(H,18,23)(H,19,20,21). The Balaban J connectivity index is 1.71. The van der Waals surface area contributed by atoms with Crippen molar-refractivity contribution in [3.63, 3.8) is 0 Å². The molecular weight excluding hydrogens is 322 g/mol. The summed E-state index contributed by atoms with van der Waals surface area (Å²) < 4.78 is 0. The lowest BCUT2D eigenvalue weighted by Gasteiger charge is -2.14. The number of nitrogens with one attached hydrogen (secondary N) is 2. The van der Waals surface area contributed by atoms with E-state index in [-0.39, 0.29) is 5.91 Å². The van der Waals surface area contributed by atoms with Gasteiger partial charge in [0.15, 0.2) is 0 Å². The van der Waals surface area contributed by atoms with Gasteiger partial charge in [0.1, 0.15) is 5.82 Å². The van der Waals surface area contributed by atoms with E-state index in [0.29, 0.717) is 25.5 Å². The number of thiophene rings is 1. The zero-order valence-corrected chi connectivity index (χ0v) is 15.5. The van der Waals surface area contributed by atoms with E-state index in [0.717, 1.165) is 17.9 Å². The number of carbonyl (C=O) groups is 1. The molecule has 0 atom stereocenters. The van der Waals surface area contributed by atoms with Crippen LogP contribution in [0.5, 0.6) is 0 Å². The smallest absolute Gasteiger partial charge is 0.224 e. The predicted octanol–water partition coefficient (Wildman–Crippen LogP) is 2.38. The molecule has 6 nitrogen and oxygen atoms in total. The first kappa shape index (κ1) is 18.2. The summed E-state index contributed by atoms with van der Waals surface area (Å²) >= 11 is 1.71. The van der Waals surface area contributed by atoms with Crippen molar-refractivity contribution >= 4 is 29.0 Å². The van der Waals surface area contributed by atoms with Crippen molar-refractivity contribution < 1.29 is 4.79 Å². The maximum Gasteiger partial charge on any atom is 0.224 e. The van der Waals surface area contributed by atoms with Crippen LogP contribution in [0.2, 0.25) is 0 Å². The number of hydrogen-bond acceptors (Lipinski definition) is 6. The van der Waals surface area contributed by atoms with Crippen molar-refractivity contribution in [3.8, 4) is 0 Å². The van der Waals surface area contributed by atoms with E-state index < -0.39 is 0 Å². The molecule has 130 valence electrons. The summed E-state index contributed by atoms with van der Waals surface area (Å²) in [5.74, 6) is 1.52. The van der Waals surface area contributed by atoms with Gasteiger partial charge >= 0.3 is 0 Å². The van der Waals surface area contributed by atoms with E-state index in [1.165, 1.54) is 10.4 Å². The second-order valence-corrected chi connectivity index (χ2v) is 6.89. The Labute approximate surface area is 147 Å². The number of hydrogen-bond donors (Lipinski definition) is 2. The molecule has 2 aromatic heterocycles. The summed E-state index contributed by atoms with van der Waals surface area (Å²) in [4.78, 5) is 23.9. The van der Waals surface area contributed by atoms with Crippen LogP contribution in [0.1, 0.15) is 22.6 Å². The molecule has 0 unspecified atom stereocenters. The van der Waals surface area contributed by atoms with Gasteiger partial charge in [-0.15, -0.1) is 11.3 Å². The van der Waals surface area contributed by atoms with Crippen molar-refractivity contribution in [3.05, 3.63) is 33.6 Å². The maximum absolute atomic E-state index is 11.9. The van der Waals surface area contributed by atoms with Crippen LogP contribution in [0.3, 0.4) is 0 Å². The van der Waals surface area contributed by atoms with Crippen LogP contribution in [-0.4, -0.2) is 43.1 Å². The van der Waals surface area contributed by atoms with E-state index in [2.05, 4.69) is 39.0 Å². The Bertz CT molecular complexity index is 683. The lowest BCUT2D eigenvalue weighted by molar-refractivity contribution is -0.120. The predicted molar refractivity (Wildman–Crippen MR) is 100.0 cm³/mol. The number of carbonyl (C=O) groups excluding carboxylic acids is 1. The van der Waals surface area contributed by atoms with E-state index in [1.807, 2.05) is 32.0 Å². The highest BCUT2D eigenvalue weighted by atomic mass is 32.1. The van der Waals surface area contributed by atoms with Gasteiger partial charge in [-0.1, -0.05) is 0 Å². The third-order valence-electron chi connectivity index (χ3n) is 3.58. The summed E-state index contributed by atoms with van der Waals surface area (Å²) in [6.45, 7) is 5.17. The molecule has 24 heavy (non-hydrogen) atoms. The molecular formula is C17H25N5OS. The number of aryl methyl sites for hydroxylation is 3. The molecule has 7 heteroatoms. The molecule has 0 aromatic carbocycles. The quantitative estimate of drug-likeness (QED) is 0.718. The number of nitrogens with zero attached hydrogens (tertiary/aromatic N) is 3. The summed E-state index contributed by atoms with van der Waals surface area (Å²) in [6, 6.07) is 4.02. The number of rotatable bonds is 8. The van der Waals surface area contributed by atoms with Crippen LogP contribution < -0.4 is 15.5 Å². The van der Waals surface area contributed by atoms with Gasteiger partial charge in [0.25, 0.3) is 0 Å². The monoisotopic (exact) mass is 347 g/mol. The van der Waals surface area contributed by atoms with Crippen LogP contribution in [0.25, 0.3) is 0 Å². The Morgan fingerprint density at radius 2 is 2.04 bits per heavy atom. The molecule has 0 radical (unpaired) electrons. The first-order valence-corrected chi connectivity index (χ1v) is 8.90. The highest BCUT2D eigenvalue weighted by Gasteiger charge is 2.06. The van der Waals surface area contributed by atoms with Crippen molar-refractivity contribution in [1.29, 1.82) is 0 Å². The molecule has 0 aliphatic heterocycles. The fourth-order valence-corrected chi connectivity index (χ4v) is 3.12. The number of amides is 1. The zero-order valence-electron chi connectivity index (χ0n) is 14.7. The second kappa shape index (κ2) is 8.63. The Kier molecular flexibility index (Phi) is 6.54. The van der Waals surface area contributed by atoms with E-state index in [1.54, 1.807) is 11.3 Å². The first-order chi connectivity index (χ1) is 11.5. The Morgan fingerprint density at radius 1 is 1.25 bits per heavy atom. The Hall–Kier alpha value is -2.15. The fraction of sp³-hybridized carbons (Fsp3) is 0.471. The van der Waals surface area contributed by atoms with E-state index in [9.17, 15) is 4.79 Å². The third kappa shape index (κ3) is 5.49. The second-order valence-electron chi connectivity index (χ2n) is 5.89. The molecule has 0 bridgehead atoms. The largest absolute Gasteiger partial charge is 0.363 e. The molecule has 1 amide bonds. The molecule has 2 heterocycles. The minimum Gasteiger partial charge on any atom is -0.363 e. The fourth-order valence-electron chi connectivity index (χ4n) is 2.21. The van der Waals surface area contributed by atoms with Crippen molar-refractivity contribution in [2.45, 2.75) is 26.7 Å². The van der Waals surface area contributed by atoms with Crippen LogP contribution in [0.4, 0.5) is 11.8 Å². The highest BCUT2D eigenvalue weighted by Crippen LogP contribution is 2.17. The van der Waals surface area contributed by atoms with E-state index in [4.69, 9.17) is 0 Å². The van der Waals surface area contributed by atoms with Gasteiger partial charge in [0, 0.05) is 50.2 Å². The lowest BCUT2D eigenvalue weighted by atomic mass is 10.2. The van der Waals surface area contributed by atoms with Crippen molar-refractivity contribution in [1.82, 2.24) is 15.3 Å². The van der Waals surface area contributed by atoms with Crippen molar-refractivity contribution in [2.24, 2.45) is 0 Å². The van der Waals surface area contributed by atoms with Gasteiger partial charge in [0.05, 0.1) is 0 Å². The average molecular weight is 347 g/mol. The summed E-state index contributed by atoms with van der Waals surface area (Å²) in [6.07, 6.45) is 1.32.